The van der Waals surface area contributed by atoms with Crippen molar-refractivity contribution in [1.29, 1.82) is 0 Å². The van der Waals surface area contributed by atoms with Gasteiger partial charge in [0.25, 0.3) is 0 Å². The van der Waals surface area contributed by atoms with Crippen LogP contribution in [0.2, 0.25) is 18.1 Å². The molecular weight excluding hydrogens is 432 g/mol. The summed E-state index contributed by atoms with van der Waals surface area (Å²) in [5.74, 6) is -10.2. The van der Waals surface area contributed by atoms with Crippen LogP contribution in [-0.2, 0) is 23.6 Å². The number of carbonyl (C=O) groups is 4. The first-order valence-electron chi connectivity index (χ1n) is 9.56. The van der Waals surface area contributed by atoms with Crippen molar-refractivity contribution >= 4 is 32.2 Å². The van der Waals surface area contributed by atoms with Gasteiger partial charge in [-0.3, -0.25) is 19.2 Å². The zero-order valence-electron chi connectivity index (χ0n) is 18.2. The van der Waals surface area contributed by atoms with Gasteiger partial charge in [-0.1, -0.05) is 20.8 Å². The maximum absolute atomic E-state index is 11.1. The molecule has 0 aromatic carbocycles. The summed E-state index contributed by atoms with van der Waals surface area (Å²) in [6.45, 7) is 9.46. The fourth-order valence-electron chi connectivity index (χ4n) is 2.35. The standard InChI is InChI=1S/C19H32O11Si/c1-19(2,3)31(4,5)30-12(6-10(20)8-13(15(22)23)16(24)25)7-11(21)9-14(17(26)27)18(28)29/h6,10-11,13-14,20-21H,7-9H2,1-5H3,(H,22,23)(H,24,25)(H,26,27)(H,28,29)/b12-6-/t10-,11-/m1/s1. The molecule has 0 heterocycles. The van der Waals surface area contributed by atoms with Crippen LogP contribution in [0.4, 0.5) is 0 Å². The van der Waals surface area contributed by atoms with Crippen LogP contribution >= 0.6 is 0 Å². The molecule has 0 aliphatic rings. The Morgan fingerprint density at radius 1 is 0.839 bits per heavy atom. The molecule has 0 bridgehead atoms. The molecule has 0 fully saturated rings. The largest absolute Gasteiger partial charge is 0.547 e. The molecule has 11 nitrogen and oxygen atoms in total. The highest BCUT2D eigenvalue weighted by atomic mass is 28.4. The number of carboxylic acids is 4. The monoisotopic (exact) mass is 464 g/mol. The first-order valence-corrected chi connectivity index (χ1v) is 12.5. The Morgan fingerprint density at radius 2 is 1.23 bits per heavy atom. The summed E-state index contributed by atoms with van der Waals surface area (Å²) < 4.78 is 6.04. The van der Waals surface area contributed by atoms with Crippen molar-refractivity contribution in [2.24, 2.45) is 11.8 Å². The van der Waals surface area contributed by atoms with Crippen molar-refractivity contribution in [3.8, 4) is 0 Å². The highest BCUT2D eigenvalue weighted by Gasteiger charge is 2.40. The molecule has 6 N–H and O–H groups in total. The summed E-state index contributed by atoms with van der Waals surface area (Å²) in [5.41, 5.74) is 0. The Labute approximate surface area is 181 Å². The molecule has 0 spiro atoms. The molecule has 0 amide bonds. The lowest BCUT2D eigenvalue weighted by Crippen LogP contribution is -2.41. The van der Waals surface area contributed by atoms with Crippen molar-refractivity contribution in [1.82, 2.24) is 0 Å². The number of carboxylic acid groups (broad SMARTS) is 4. The van der Waals surface area contributed by atoms with Gasteiger partial charge in [-0.25, -0.2) is 0 Å². The fraction of sp³-hybridized carbons (Fsp3) is 0.684. The van der Waals surface area contributed by atoms with Gasteiger partial charge in [-0.15, -0.1) is 0 Å². The second-order valence-corrected chi connectivity index (χ2v) is 13.6. The van der Waals surface area contributed by atoms with E-state index in [4.69, 9.17) is 24.9 Å². The lowest BCUT2D eigenvalue weighted by Gasteiger charge is -2.38. The molecular formula is C19H32O11Si. The summed E-state index contributed by atoms with van der Waals surface area (Å²) >= 11 is 0. The number of rotatable bonds is 13. The van der Waals surface area contributed by atoms with Crippen LogP contribution in [0.25, 0.3) is 0 Å². The van der Waals surface area contributed by atoms with E-state index < -0.39 is 69.1 Å². The zero-order valence-corrected chi connectivity index (χ0v) is 19.2. The molecule has 0 unspecified atom stereocenters. The highest BCUT2D eigenvalue weighted by Crippen LogP contribution is 2.38. The molecule has 0 radical (unpaired) electrons. The first kappa shape index (κ1) is 28.6. The Morgan fingerprint density at radius 3 is 1.58 bits per heavy atom. The van der Waals surface area contributed by atoms with Gasteiger partial charge in [0.15, 0.2) is 11.8 Å². The van der Waals surface area contributed by atoms with Crippen LogP contribution < -0.4 is 0 Å². The van der Waals surface area contributed by atoms with Gasteiger partial charge in [0.1, 0.15) is 0 Å². The maximum Gasteiger partial charge on any atom is 0.317 e. The van der Waals surface area contributed by atoms with Gasteiger partial charge < -0.3 is 35.1 Å². The Balaban J connectivity index is 5.76. The molecule has 0 aromatic heterocycles. The van der Waals surface area contributed by atoms with E-state index in [2.05, 4.69) is 0 Å². The average Bonchev–Trinajstić information content (AvgIpc) is 2.54. The van der Waals surface area contributed by atoms with Crippen LogP contribution in [0.3, 0.4) is 0 Å². The normalized spacial score (nSPS) is 14.9. The average molecular weight is 465 g/mol. The van der Waals surface area contributed by atoms with Crippen molar-refractivity contribution in [3.05, 3.63) is 11.8 Å². The van der Waals surface area contributed by atoms with E-state index >= 15 is 0 Å². The van der Waals surface area contributed by atoms with Gasteiger partial charge in [0, 0.05) is 12.8 Å². The number of aliphatic hydroxyl groups excluding tert-OH is 2. The third-order valence-corrected chi connectivity index (χ3v) is 9.57. The van der Waals surface area contributed by atoms with Crippen molar-refractivity contribution in [2.45, 2.75) is 70.4 Å². The van der Waals surface area contributed by atoms with Gasteiger partial charge in [0.2, 0.25) is 8.32 Å². The minimum atomic E-state index is -2.52. The van der Waals surface area contributed by atoms with E-state index in [1.54, 1.807) is 0 Å². The molecule has 0 rings (SSSR count). The van der Waals surface area contributed by atoms with E-state index in [9.17, 15) is 29.4 Å². The fourth-order valence-corrected chi connectivity index (χ4v) is 3.46. The maximum atomic E-state index is 11.1. The molecule has 0 saturated carbocycles. The lowest BCUT2D eigenvalue weighted by atomic mass is 9.98. The minimum Gasteiger partial charge on any atom is -0.547 e. The minimum absolute atomic E-state index is 0.00986. The van der Waals surface area contributed by atoms with E-state index in [-0.39, 0.29) is 17.2 Å². The zero-order chi connectivity index (χ0) is 24.7. The molecule has 0 saturated heterocycles. The van der Waals surface area contributed by atoms with Crippen molar-refractivity contribution in [2.75, 3.05) is 0 Å². The molecule has 178 valence electrons. The number of hydrogen-bond donors (Lipinski definition) is 6. The first-order chi connectivity index (χ1) is 13.9. The highest BCUT2D eigenvalue weighted by molar-refractivity contribution is 6.74. The van der Waals surface area contributed by atoms with Gasteiger partial charge >= 0.3 is 23.9 Å². The lowest BCUT2D eigenvalue weighted by molar-refractivity contribution is -0.157. The van der Waals surface area contributed by atoms with Gasteiger partial charge in [0.05, 0.1) is 18.0 Å². The Hall–Kier alpha value is -2.44. The summed E-state index contributed by atoms with van der Waals surface area (Å²) in [5, 5.41) is 56.1. The SMILES string of the molecule is CC(C)(C)[Si](C)(C)O/C(=C\[C@@H](O)CC(C(=O)O)C(=O)O)C[C@@H](O)CC(C(=O)O)C(=O)O. The summed E-state index contributed by atoms with van der Waals surface area (Å²) in [4.78, 5) is 44.3. The summed E-state index contributed by atoms with van der Waals surface area (Å²) in [6.07, 6.45) is -3.52. The molecule has 31 heavy (non-hydrogen) atoms. The van der Waals surface area contributed by atoms with Crippen LogP contribution in [0, 0.1) is 11.8 Å². The third-order valence-electron chi connectivity index (χ3n) is 5.18. The van der Waals surface area contributed by atoms with E-state index in [1.165, 1.54) is 0 Å². The molecule has 0 aliphatic heterocycles. The number of aliphatic hydroxyl groups is 2. The number of aliphatic carboxylic acids is 4. The predicted molar refractivity (Wildman–Crippen MR) is 110 cm³/mol. The molecule has 2 atom stereocenters. The van der Waals surface area contributed by atoms with E-state index in [0.717, 1.165) is 6.08 Å². The molecule has 0 aliphatic carbocycles. The summed E-state index contributed by atoms with van der Waals surface area (Å²) in [7, 11) is -2.52. The van der Waals surface area contributed by atoms with Gasteiger partial charge in [-0.05, 0) is 30.6 Å². The van der Waals surface area contributed by atoms with E-state index in [1.807, 2.05) is 33.9 Å². The second-order valence-electron chi connectivity index (χ2n) is 8.85. The van der Waals surface area contributed by atoms with E-state index in [0.29, 0.717) is 0 Å². The van der Waals surface area contributed by atoms with Crippen LogP contribution in [0.15, 0.2) is 11.8 Å². The Bertz CT molecular complexity index is 680. The quantitative estimate of drug-likeness (QED) is 0.131. The summed E-state index contributed by atoms with van der Waals surface area (Å²) in [6, 6.07) is 0. The predicted octanol–water partition coefficient (Wildman–Crippen LogP) is 1.35. The number of hydrogen-bond acceptors (Lipinski definition) is 7. The van der Waals surface area contributed by atoms with Crippen molar-refractivity contribution in [3.63, 3.8) is 0 Å². The third kappa shape index (κ3) is 9.49. The molecule has 12 heteroatoms. The van der Waals surface area contributed by atoms with Crippen LogP contribution in [0.1, 0.15) is 40.0 Å². The smallest absolute Gasteiger partial charge is 0.317 e. The van der Waals surface area contributed by atoms with Gasteiger partial charge in [-0.2, -0.15) is 0 Å². The second kappa shape index (κ2) is 11.3. The topological polar surface area (TPSA) is 199 Å². The Kier molecular flexibility index (Phi) is 10.4. The molecule has 0 aromatic rings. The van der Waals surface area contributed by atoms with Crippen molar-refractivity contribution < 1.29 is 54.2 Å². The van der Waals surface area contributed by atoms with Crippen LogP contribution in [0.5, 0.6) is 0 Å². The van der Waals surface area contributed by atoms with Crippen LogP contribution in [-0.4, -0.2) is 75.0 Å².